The minimum atomic E-state index is 0.323. The number of aromatic nitrogens is 2. The van der Waals surface area contributed by atoms with Crippen molar-refractivity contribution in [1.29, 1.82) is 0 Å². The molecule has 106 valence electrons. The molecule has 1 aliphatic rings. The van der Waals surface area contributed by atoms with Gasteiger partial charge in [-0.05, 0) is 31.6 Å². The Hall–Kier alpha value is -1.46. The average Bonchev–Trinajstić information content (AvgIpc) is 2.97. The zero-order valence-corrected chi connectivity index (χ0v) is 12.1. The summed E-state index contributed by atoms with van der Waals surface area (Å²) in [6.07, 6.45) is 4.40. The van der Waals surface area contributed by atoms with Gasteiger partial charge in [0.1, 0.15) is 0 Å². The minimum absolute atomic E-state index is 0.323. The van der Waals surface area contributed by atoms with Gasteiger partial charge in [-0.25, -0.2) is 0 Å². The van der Waals surface area contributed by atoms with Gasteiger partial charge in [-0.15, -0.1) is 0 Å². The molecule has 1 fully saturated rings. The summed E-state index contributed by atoms with van der Waals surface area (Å²) in [7, 11) is 0. The second-order valence-corrected chi connectivity index (χ2v) is 6.09. The molecule has 0 aliphatic heterocycles. The lowest BCUT2D eigenvalue weighted by Gasteiger charge is -2.27. The highest BCUT2D eigenvalue weighted by Crippen LogP contribution is 2.28. The van der Waals surface area contributed by atoms with E-state index in [-0.39, 0.29) is 0 Å². The molecule has 3 rings (SSSR count). The van der Waals surface area contributed by atoms with E-state index in [1.165, 1.54) is 11.5 Å². The van der Waals surface area contributed by atoms with E-state index >= 15 is 0 Å². The van der Waals surface area contributed by atoms with Gasteiger partial charge < -0.3 is 10.4 Å². The molecule has 0 saturated heterocycles. The maximum atomic E-state index is 9.16. The molecule has 0 atom stereocenters. The Kier molecular flexibility index (Phi) is 4.28. The van der Waals surface area contributed by atoms with Gasteiger partial charge in [0.2, 0.25) is 5.13 Å². The number of benzene rings is 1. The van der Waals surface area contributed by atoms with Gasteiger partial charge in [0.15, 0.2) is 5.82 Å². The molecule has 2 aromatic rings. The molecule has 1 aromatic heterocycles. The summed E-state index contributed by atoms with van der Waals surface area (Å²) in [6.45, 7) is 0.323. The molecule has 0 spiro atoms. The summed E-state index contributed by atoms with van der Waals surface area (Å²) in [5.41, 5.74) is 1.06. The molecule has 0 amide bonds. The molecule has 4 nitrogen and oxygen atoms in total. The van der Waals surface area contributed by atoms with E-state index in [9.17, 15) is 0 Å². The van der Waals surface area contributed by atoms with Gasteiger partial charge in [0.25, 0.3) is 0 Å². The maximum absolute atomic E-state index is 9.16. The van der Waals surface area contributed by atoms with Crippen LogP contribution in [0, 0.1) is 5.92 Å². The van der Waals surface area contributed by atoms with E-state index in [0.717, 1.165) is 42.2 Å². The number of aliphatic hydroxyl groups is 1. The second kappa shape index (κ2) is 6.33. The first-order valence-corrected chi connectivity index (χ1v) is 7.89. The molecule has 1 aliphatic carbocycles. The fourth-order valence-corrected chi connectivity index (χ4v) is 3.32. The van der Waals surface area contributed by atoms with Crippen LogP contribution in [-0.4, -0.2) is 27.1 Å². The predicted molar refractivity (Wildman–Crippen MR) is 81.8 cm³/mol. The summed E-state index contributed by atoms with van der Waals surface area (Å²) < 4.78 is 4.41. The van der Waals surface area contributed by atoms with Crippen molar-refractivity contribution < 1.29 is 5.11 Å². The normalized spacial score (nSPS) is 22.6. The quantitative estimate of drug-likeness (QED) is 0.907. The van der Waals surface area contributed by atoms with Crippen LogP contribution >= 0.6 is 11.5 Å². The Bertz CT molecular complexity index is 535. The predicted octanol–water partition coefficient (Wildman–Crippen LogP) is 3.17. The number of hydrogen-bond donors (Lipinski definition) is 2. The Labute approximate surface area is 123 Å². The number of nitrogens with zero attached hydrogens (tertiary/aromatic N) is 2. The molecule has 1 heterocycles. The first kappa shape index (κ1) is 13.5. The number of nitrogens with one attached hydrogen (secondary N) is 1. The molecule has 1 aromatic carbocycles. The van der Waals surface area contributed by atoms with Crippen LogP contribution in [0.3, 0.4) is 0 Å². The van der Waals surface area contributed by atoms with Gasteiger partial charge in [0.05, 0.1) is 0 Å². The van der Waals surface area contributed by atoms with E-state index < -0.39 is 0 Å². The molecule has 2 N–H and O–H groups in total. The van der Waals surface area contributed by atoms with Crippen LogP contribution in [0.2, 0.25) is 0 Å². The smallest absolute Gasteiger partial charge is 0.203 e. The van der Waals surface area contributed by atoms with Crippen LogP contribution in [0.5, 0.6) is 0 Å². The monoisotopic (exact) mass is 289 g/mol. The van der Waals surface area contributed by atoms with Gasteiger partial charge in [-0.1, -0.05) is 30.3 Å². The molecule has 5 heteroatoms. The highest BCUT2D eigenvalue weighted by atomic mass is 32.1. The van der Waals surface area contributed by atoms with Crippen molar-refractivity contribution in [2.45, 2.75) is 31.7 Å². The fraction of sp³-hybridized carbons (Fsp3) is 0.467. The molecule has 1 saturated carbocycles. The summed E-state index contributed by atoms with van der Waals surface area (Å²) in [5, 5.41) is 13.5. The van der Waals surface area contributed by atoms with E-state index in [0.29, 0.717) is 18.6 Å². The first-order valence-electron chi connectivity index (χ1n) is 7.11. The topological polar surface area (TPSA) is 58.0 Å². The van der Waals surface area contributed by atoms with Crippen molar-refractivity contribution in [1.82, 2.24) is 9.36 Å². The Morgan fingerprint density at radius 1 is 1.15 bits per heavy atom. The average molecular weight is 289 g/mol. The Balaban J connectivity index is 1.61. The minimum Gasteiger partial charge on any atom is -0.396 e. The van der Waals surface area contributed by atoms with Crippen molar-refractivity contribution >= 4 is 16.7 Å². The first-order chi connectivity index (χ1) is 9.85. The van der Waals surface area contributed by atoms with Gasteiger partial charge in [-0.2, -0.15) is 9.36 Å². The molecule has 0 unspecified atom stereocenters. The molecule has 0 radical (unpaired) electrons. The van der Waals surface area contributed by atoms with Crippen molar-refractivity contribution in [3.63, 3.8) is 0 Å². The van der Waals surface area contributed by atoms with Crippen molar-refractivity contribution in [3.05, 3.63) is 30.3 Å². The zero-order chi connectivity index (χ0) is 13.8. The summed E-state index contributed by atoms with van der Waals surface area (Å²) in [4.78, 5) is 4.56. The standard InChI is InChI=1S/C15H19N3OS/c19-10-11-6-8-13(9-7-11)16-15-17-14(18-20-15)12-4-2-1-3-5-12/h1-5,11,13,19H,6-10H2,(H,16,17,18). The van der Waals surface area contributed by atoms with Gasteiger partial charge in [-0.3, -0.25) is 0 Å². The number of aliphatic hydroxyl groups excluding tert-OH is 1. The third-order valence-corrected chi connectivity index (χ3v) is 4.54. The lowest BCUT2D eigenvalue weighted by molar-refractivity contribution is 0.186. The van der Waals surface area contributed by atoms with Gasteiger partial charge >= 0.3 is 0 Å². The van der Waals surface area contributed by atoms with Crippen molar-refractivity contribution in [2.75, 3.05) is 11.9 Å². The Morgan fingerprint density at radius 2 is 1.90 bits per heavy atom. The van der Waals surface area contributed by atoms with Gasteiger partial charge in [0, 0.05) is 29.7 Å². The highest BCUT2D eigenvalue weighted by molar-refractivity contribution is 7.09. The van der Waals surface area contributed by atoms with Crippen LogP contribution in [0.15, 0.2) is 30.3 Å². The molecule has 20 heavy (non-hydrogen) atoms. The summed E-state index contributed by atoms with van der Waals surface area (Å²) >= 11 is 1.42. The molecule has 0 bridgehead atoms. The van der Waals surface area contributed by atoms with Crippen LogP contribution in [0.25, 0.3) is 11.4 Å². The van der Waals surface area contributed by atoms with Crippen LogP contribution in [-0.2, 0) is 0 Å². The van der Waals surface area contributed by atoms with E-state index in [1.807, 2.05) is 30.3 Å². The van der Waals surface area contributed by atoms with E-state index in [1.54, 1.807) is 0 Å². The number of hydrogen-bond acceptors (Lipinski definition) is 5. The van der Waals surface area contributed by atoms with E-state index in [2.05, 4.69) is 14.7 Å². The SMILES string of the molecule is OCC1CCC(Nc2nc(-c3ccccc3)ns2)CC1. The van der Waals surface area contributed by atoms with Crippen LogP contribution in [0.1, 0.15) is 25.7 Å². The maximum Gasteiger partial charge on any atom is 0.203 e. The number of anilines is 1. The molecular weight excluding hydrogens is 270 g/mol. The Morgan fingerprint density at radius 3 is 2.60 bits per heavy atom. The third-order valence-electron chi connectivity index (χ3n) is 3.89. The van der Waals surface area contributed by atoms with Crippen molar-refractivity contribution in [3.8, 4) is 11.4 Å². The summed E-state index contributed by atoms with van der Waals surface area (Å²) in [5.74, 6) is 1.28. The zero-order valence-electron chi connectivity index (χ0n) is 11.3. The fourth-order valence-electron chi connectivity index (χ4n) is 2.65. The summed E-state index contributed by atoms with van der Waals surface area (Å²) in [6, 6.07) is 10.5. The van der Waals surface area contributed by atoms with Crippen LogP contribution in [0.4, 0.5) is 5.13 Å². The lowest BCUT2D eigenvalue weighted by Crippen LogP contribution is -2.27. The van der Waals surface area contributed by atoms with Crippen LogP contribution < -0.4 is 5.32 Å². The molecular formula is C15H19N3OS. The lowest BCUT2D eigenvalue weighted by atomic mass is 9.87. The van der Waals surface area contributed by atoms with Crippen molar-refractivity contribution in [2.24, 2.45) is 5.92 Å². The largest absolute Gasteiger partial charge is 0.396 e. The number of rotatable bonds is 4. The highest BCUT2D eigenvalue weighted by Gasteiger charge is 2.21. The van der Waals surface area contributed by atoms with E-state index in [4.69, 9.17) is 5.11 Å². The third kappa shape index (κ3) is 3.16. The second-order valence-electron chi connectivity index (χ2n) is 5.33.